The second-order valence-corrected chi connectivity index (χ2v) is 4.84. The van der Waals surface area contributed by atoms with Crippen LogP contribution >= 0.6 is 0 Å². The summed E-state index contributed by atoms with van der Waals surface area (Å²) in [6, 6.07) is 8.55. The van der Waals surface area contributed by atoms with Crippen molar-refractivity contribution in [3.8, 4) is 0 Å². The molecule has 1 N–H and O–H groups in total. The van der Waals surface area contributed by atoms with Crippen molar-refractivity contribution < 1.29 is 5.11 Å². The van der Waals surface area contributed by atoms with Crippen molar-refractivity contribution in [1.29, 1.82) is 0 Å². The number of aliphatic hydroxyl groups is 1. The molecular weight excluding hydrogens is 184 g/mol. The van der Waals surface area contributed by atoms with Crippen molar-refractivity contribution in [3.63, 3.8) is 0 Å². The van der Waals surface area contributed by atoms with Crippen LogP contribution in [-0.4, -0.2) is 11.7 Å². The summed E-state index contributed by atoms with van der Waals surface area (Å²) in [6.07, 6.45) is 4.12. The second kappa shape index (κ2) is 3.82. The summed E-state index contributed by atoms with van der Waals surface area (Å²) in [5.41, 5.74) is 4.27. The Hall–Kier alpha value is -1.08. The lowest BCUT2D eigenvalue weighted by Crippen LogP contribution is -2.21. The summed E-state index contributed by atoms with van der Waals surface area (Å²) >= 11 is 0. The Bertz CT molecular complexity index is 388. The van der Waals surface area contributed by atoms with E-state index in [0.29, 0.717) is 0 Å². The zero-order chi connectivity index (χ0) is 10.9. The van der Waals surface area contributed by atoms with Crippen molar-refractivity contribution in [2.75, 3.05) is 6.61 Å². The third-order valence-corrected chi connectivity index (χ3v) is 3.24. The van der Waals surface area contributed by atoms with E-state index in [2.05, 4.69) is 44.2 Å². The van der Waals surface area contributed by atoms with Gasteiger partial charge >= 0.3 is 0 Å². The monoisotopic (exact) mass is 202 g/mol. The highest BCUT2D eigenvalue weighted by molar-refractivity contribution is 5.71. The van der Waals surface area contributed by atoms with Gasteiger partial charge in [0.05, 0.1) is 0 Å². The minimum atomic E-state index is 0.232. The van der Waals surface area contributed by atoms with Crippen molar-refractivity contribution in [2.24, 2.45) is 0 Å². The second-order valence-electron chi connectivity index (χ2n) is 4.84. The van der Waals surface area contributed by atoms with Crippen LogP contribution in [0.4, 0.5) is 0 Å². The van der Waals surface area contributed by atoms with E-state index in [4.69, 9.17) is 5.11 Å². The van der Waals surface area contributed by atoms with E-state index in [1.807, 2.05) is 0 Å². The smallest absolute Gasteiger partial charge is 0.0471 e. The van der Waals surface area contributed by atoms with Crippen LogP contribution in [0.25, 0.3) is 5.57 Å². The zero-order valence-corrected chi connectivity index (χ0v) is 9.46. The fourth-order valence-corrected chi connectivity index (χ4v) is 2.31. The predicted molar refractivity (Wildman–Crippen MR) is 63.8 cm³/mol. The number of hydrogen-bond acceptors (Lipinski definition) is 1. The van der Waals surface area contributed by atoms with Crippen LogP contribution in [0.15, 0.2) is 30.3 Å². The van der Waals surface area contributed by atoms with E-state index in [0.717, 1.165) is 12.8 Å². The van der Waals surface area contributed by atoms with E-state index in [1.54, 1.807) is 0 Å². The minimum absolute atomic E-state index is 0.232. The number of benzene rings is 1. The van der Waals surface area contributed by atoms with Crippen molar-refractivity contribution in [3.05, 3.63) is 41.5 Å². The number of allylic oxidation sites excluding steroid dienone is 1. The van der Waals surface area contributed by atoms with Gasteiger partial charge in [-0.25, -0.2) is 0 Å². The van der Waals surface area contributed by atoms with Gasteiger partial charge in [-0.05, 0) is 35.0 Å². The fraction of sp³-hybridized carbons (Fsp3) is 0.429. The molecule has 0 fully saturated rings. The van der Waals surface area contributed by atoms with Gasteiger partial charge in [0, 0.05) is 6.61 Å². The summed E-state index contributed by atoms with van der Waals surface area (Å²) in [5.74, 6) is 0. The van der Waals surface area contributed by atoms with Gasteiger partial charge in [0.2, 0.25) is 0 Å². The summed E-state index contributed by atoms with van der Waals surface area (Å²) in [5, 5.41) is 9.03. The largest absolute Gasteiger partial charge is 0.396 e. The van der Waals surface area contributed by atoms with Gasteiger partial charge in [-0.2, -0.15) is 0 Å². The highest BCUT2D eigenvalue weighted by Gasteiger charge is 2.26. The summed E-state index contributed by atoms with van der Waals surface area (Å²) in [4.78, 5) is 0. The van der Waals surface area contributed by atoms with Crippen molar-refractivity contribution in [2.45, 2.75) is 32.1 Å². The lowest BCUT2D eigenvalue weighted by Gasteiger charge is -2.32. The molecule has 0 atom stereocenters. The third-order valence-electron chi connectivity index (χ3n) is 3.24. The maximum absolute atomic E-state index is 9.03. The zero-order valence-electron chi connectivity index (χ0n) is 9.46. The molecule has 0 heterocycles. The Labute approximate surface area is 91.4 Å². The number of hydrogen-bond donors (Lipinski definition) is 1. The first-order valence-corrected chi connectivity index (χ1v) is 5.55. The molecule has 0 saturated carbocycles. The Balaban J connectivity index is 2.48. The summed E-state index contributed by atoms with van der Waals surface area (Å²) < 4.78 is 0. The van der Waals surface area contributed by atoms with Crippen LogP contribution in [0, 0.1) is 0 Å². The molecule has 2 rings (SSSR count). The first-order chi connectivity index (χ1) is 7.15. The van der Waals surface area contributed by atoms with Crippen LogP contribution in [0.3, 0.4) is 0 Å². The molecule has 0 saturated heterocycles. The topological polar surface area (TPSA) is 20.2 Å². The van der Waals surface area contributed by atoms with Crippen LogP contribution < -0.4 is 0 Å². The van der Waals surface area contributed by atoms with Gasteiger partial charge in [0.15, 0.2) is 0 Å². The Kier molecular flexibility index (Phi) is 2.66. The standard InChI is InChI=1S/C14H18O/c1-14(2)9-7-11(8-10-15)12-5-3-4-6-13(12)14/h3-7,15H,8-10H2,1-2H3. The lowest BCUT2D eigenvalue weighted by molar-refractivity contribution is 0.304. The molecule has 1 aliphatic rings. The highest BCUT2D eigenvalue weighted by Crippen LogP contribution is 2.39. The van der Waals surface area contributed by atoms with Crippen molar-refractivity contribution in [1.82, 2.24) is 0 Å². The van der Waals surface area contributed by atoms with Gasteiger partial charge < -0.3 is 5.11 Å². The van der Waals surface area contributed by atoms with Crippen LogP contribution in [-0.2, 0) is 5.41 Å². The molecule has 0 spiro atoms. The van der Waals surface area contributed by atoms with Crippen LogP contribution in [0.1, 0.15) is 37.8 Å². The minimum Gasteiger partial charge on any atom is -0.396 e. The fourth-order valence-electron chi connectivity index (χ4n) is 2.31. The van der Waals surface area contributed by atoms with Gasteiger partial charge in [0.1, 0.15) is 0 Å². The SMILES string of the molecule is CC1(C)CC=C(CCO)c2ccccc21. The van der Waals surface area contributed by atoms with Gasteiger partial charge in [-0.1, -0.05) is 44.2 Å². The quantitative estimate of drug-likeness (QED) is 0.781. The van der Waals surface area contributed by atoms with E-state index >= 15 is 0 Å². The molecule has 0 aromatic heterocycles. The average Bonchev–Trinajstić information content (AvgIpc) is 2.23. The normalized spacial score (nSPS) is 18.2. The molecular formula is C14H18O. The molecule has 80 valence electrons. The van der Waals surface area contributed by atoms with Crippen LogP contribution in [0.5, 0.6) is 0 Å². The molecule has 0 bridgehead atoms. The lowest BCUT2D eigenvalue weighted by atomic mass is 9.73. The third kappa shape index (κ3) is 1.84. The van der Waals surface area contributed by atoms with Crippen LogP contribution in [0.2, 0.25) is 0 Å². The molecule has 1 aromatic rings. The molecule has 0 amide bonds. The van der Waals surface area contributed by atoms with E-state index in [-0.39, 0.29) is 12.0 Å². The number of aliphatic hydroxyl groups excluding tert-OH is 1. The number of rotatable bonds is 2. The average molecular weight is 202 g/mol. The predicted octanol–water partition coefficient (Wildman–Crippen LogP) is 3.13. The van der Waals surface area contributed by atoms with Gasteiger partial charge in [-0.3, -0.25) is 0 Å². The van der Waals surface area contributed by atoms with Gasteiger partial charge in [-0.15, -0.1) is 0 Å². The van der Waals surface area contributed by atoms with Crippen molar-refractivity contribution >= 4 is 5.57 Å². The first-order valence-electron chi connectivity index (χ1n) is 5.55. The molecule has 1 aromatic carbocycles. The maximum atomic E-state index is 9.03. The molecule has 0 radical (unpaired) electrons. The Morgan fingerprint density at radius 2 is 2.00 bits per heavy atom. The maximum Gasteiger partial charge on any atom is 0.0471 e. The molecule has 0 aliphatic heterocycles. The number of fused-ring (bicyclic) bond motifs is 1. The summed E-state index contributed by atoms with van der Waals surface area (Å²) in [7, 11) is 0. The molecule has 0 unspecified atom stereocenters. The van der Waals surface area contributed by atoms with E-state index in [9.17, 15) is 0 Å². The Morgan fingerprint density at radius 1 is 1.27 bits per heavy atom. The Morgan fingerprint density at radius 3 is 2.73 bits per heavy atom. The first kappa shape index (κ1) is 10.4. The molecule has 1 nitrogen and oxygen atoms in total. The molecule has 1 heteroatoms. The highest BCUT2D eigenvalue weighted by atomic mass is 16.2. The summed E-state index contributed by atoms with van der Waals surface area (Å²) in [6.45, 7) is 4.79. The molecule has 1 aliphatic carbocycles. The van der Waals surface area contributed by atoms with E-state index < -0.39 is 0 Å². The van der Waals surface area contributed by atoms with Gasteiger partial charge in [0.25, 0.3) is 0 Å². The molecule has 15 heavy (non-hydrogen) atoms. The van der Waals surface area contributed by atoms with E-state index in [1.165, 1.54) is 16.7 Å².